The average molecular weight is 302 g/mol. The Labute approximate surface area is 130 Å². The lowest BCUT2D eigenvalue weighted by molar-refractivity contribution is -0.127. The Kier molecular flexibility index (Phi) is 3.70. The van der Waals surface area contributed by atoms with Crippen molar-refractivity contribution >= 4 is 11.7 Å². The minimum Gasteiger partial charge on any atom is -0.376 e. The number of rotatable bonds is 4. The zero-order valence-corrected chi connectivity index (χ0v) is 12.6. The first-order valence-electron chi connectivity index (χ1n) is 8.21. The Hall–Kier alpha value is -1.69. The summed E-state index contributed by atoms with van der Waals surface area (Å²) in [5.74, 6) is 2.11. The number of nitrogens with zero attached hydrogens (tertiary/aromatic N) is 3. The summed E-state index contributed by atoms with van der Waals surface area (Å²) >= 11 is 0. The third kappa shape index (κ3) is 2.79. The highest BCUT2D eigenvalue weighted by Crippen LogP contribution is 2.35. The Morgan fingerprint density at radius 1 is 1.36 bits per heavy atom. The normalized spacial score (nSPS) is 30.9. The van der Waals surface area contributed by atoms with Crippen molar-refractivity contribution < 1.29 is 9.53 Å². The summed E-state index contributed by atoms with van der Waals surface area (Å²) in [6.45, 7) is 3.13. The number of anilines is 1. The van der Waals surface area contributed by atoms with Gasteiger partial charge in [-0.1, -0.05) is 0 Å². The molecule has 0 unspecified atom stereocenters. The first-order valence-corrected chi connectivity index (χ1v) is 8.21. The molecule has 0 aromatic carbocycles. The number of carbonyl (C=O) groups excluding carboxylic acids is 1. The molecule has 118 valence electrons. The van der Waals surface area contributed by atoms with Crippen LogP contribution in [0.5, 0.6) is 0 Å². The molecule has 0 radical (unpaired) electrons. The largest absolute Gasteiger partial charge is 0.376 e. The lowest BCUT2D eigenvalue weighted by Gasteiger charge is -2.39. The van der Waals surface area contributed by atoms with Crippen molar-refractivity contribution in [2.45, 2.75) is 25.4 Å². The van der Waals surface area contributed by atoms with Gasteiger partial charge in [-0.25, -0.2) is 9.97 Å². The van der Waals surface area contributed by atoms with E-state index >= 15 is 0 Å². The van der Waals surface area contributed by atoms with E-state index in [0.29, 0.717) is 11.8 Å². The van der Waals surface area contributed by atoms with Crippen molar-refractivity contribution in [3.8, 4) is 0 Å². The van der Waals surface area contributed by atoms with E-state index in [4.69, 9.17) is 4.74 Å². The van der Waals surface area contributed by atoms with Crippen LogP contribution in [0.1, 0.15) is 19.3 Å². The lowest BCUT2D eigenvalue weighted by Crippen LogP contribution is -2.53. The highest BCUT2D eigenvalue weighted by Gasteiger charge is 2.44. The number of amides is 1. The molecule has 1 aromatic heterocycles. The zero-order valence-electron chi connectivity index (χ0n) is 12.6. The Bertz CT molecular complexity index is 534. The van der Waals surface area contributed by atoms with E-state index in [0.717, 1.165) is 38.5 Å². The standard InChI is InChI=1S/C16H22N4O2/c21-16(18-7-11-1-2-11)13-8-20(15-3-5-17-10-19-15)9-14-12(13)4-6-22-14/h3,5,10-14H,1-2,4,6-9H2,(H,18,21)/t12-,13+,14+/m0/s1. The smallest absolute Gasteiger partial charge is 0.225 e. The van der Waals surface area contributed by atoms with E-state index in [2.05, 4.69) is 20.2 Å². The van der Waals surface area contributed by atoms with Crippen molar-refractivity contribution in [3.63, 3.8) is 0 Å². The predicted octanol–water partition coefficient (Wildman–Crippen LogP) is 0.844. The fourth-order valence-electron chi connectivity index (χ4n) is 3.61. The summed E-state index contributed by atoms with van der Waals surface area (Å²) in [6.07, 6.45) is 6.94. The maximum Gasteiger partial charge on any atom is 0.225 e. The Morgan fingerprint density at radius 2 is 2.27 bits per heavy atom. The highest BCUT2D eigenvalue weighted by atomic mass is 16.5. The topological polar surface area (TPSA) is 67.4 Å². The molecule has 1 N–H and O–H groups in total. The molecular formula is C16H22N4O2. The van der Waals surface area contributed by atoms with Crippen LogP contribution >= 0.6 is 0 Å². The van der Waals surface area contributed by atoms with E-state index in [1.807, 2.05) is 6.07 Å². The van der Waals surface area contributed by atoms with Crippen LogP contribution in [0.4, 0.5) is 5.82 Å². The second kappa shape index (κ2) is 5.83. The quantitative estimate of drug-likeness (QED) is 0.893. The SMILES string of the molecule is O=C(NCC1CC1)[C@@H]1CN(c2ccncn2)C[C@H]2OCC[C@H]21. The summed E-state index contributed by atoms with van der Waals surface area (Å²) in [5.41, 5.74) is 0. The Morgan fingerprint density at radius 3 is 3.05 bits per heavy atom. The number of hydrogen-bond donors (Lipinski definition) is 1. The third-order valence-corrected chi connectivity index (χ3v) is 5.08. The molecule has 0 bridgehead atoms. The second-order valence-corrected chi connectivity index (χ2v) is 6.63. The number of nitrogens with one attached hydrogen (secondary N) is 1. The van der Waals surface area contributed by atoms with Crippen LogP contribution in [0.3, 0.4) is 0 Å². The summed E-state index contributed by atoms with van der Waals surface area (Å²) < 4.78 is 5.86. The molecule has 6 nitrogen and oxygen atoms in total. The minimum absolute atomic E-state index is 0.00466. The number of ether oxygens (including phenoxy) is 1. The molecule has 1 saturated carbocycles. The molecule has 1 amide bonds. The van der Waals surface area contributed by atoms with E-state index in [1.54, 1.807) is 12.5 Å². The van der Waals surface area contributed by atoms with Gasteiger partial charge in [-0.05, 0) is 31.2 Å². The molecule has 3 aliphatic rings. The molecule has 3 fully saturated rings. The molecule has 22 heavy (non-hydrogen) atoms. The van der Waals surface area contributed by atoms with Gasteiger partial charge in [-0.3, -0.25) is 4.79 Å². The van der Waals surface area contributed by atoms with E-state index < -0.39 is 0 Å². The summed E-state index contributed by atoms with van der Waals surface area (Å²) in [6, 6.07) is 1.90. The molecule has 3 heterocycles. The summed E-state index contributed by atoms with van der Waals surface area (Å²) in [4.78, 5) is 23.1. The molecule has 2 saturated heterocycles. The zero-order chi connectivity index (χ0) is 14.9. The molecule has 0 spiro atoms. The van der Waals surface area contributed by atoms with Gasteiger partial charge in [-0.2, -0.15) is 0 Å². The molecule has 1 aliphatic carbocycles. The maximum atomic E-state index is 12.6. The number of piperidine rings is 1. The van der Waals surface area contributed by atoms with Gasteiger partial charge in [0.05, 0.1) is 12.0 Å². The van der Waals surface area contributed by atoms with Gasteiger partial charge in [0, 0.05) is 38.4 Å². The van der Waals surface area contributed by atoms with Gasteiger partial charge >= 0.3 is 0 Å². The van der Waals surface area contributed by atoms with Gasteiger partial charge in [-0.15, -0.1) is 0 Å². The molecule has 3 atom stereocenters. The fraction of sp³-hybridized carbons (Fsp3) is 0.688. The van der Waals surface area contributed by atoms with Gasteiger partial charge in [0.25, 0.3) is 0 Å². The van der Waals surface area contributed by atoms with Gasteiger partial charge in [0.15, 0.2) is 0 Å². The minimum atomic E-state index is -0.00466. The molecule has 4 rings (SSSR count). The van der Waals surface area contributed by atoms with E-state index in [9.17, 15) is 4.79 Å². The molecule has 2 aliphatic heterocycles. The lowest BCUT2D eigenvalue weighted by atomic mass is 9.82. The predicted molar refractivity (Wildman–Crippen MR) is 81.3 cm³/mol. The monoisotopic (exact) mass is 302 g/mol. The molecule has 1 aromatic rings. The number of fused-ring (bicyclic) bond motifs is 1. The first kappa shape index (κ1) is 13.9. The van der Waals surface area contributed by atoms with Crippen molar-refractivity contribution in [1.82, 2.24) is 15.3 Å². The summed E-state index contributed by atoms with van der Waals surface area (Å²) in [7, 11) is 0. The van der Waals surface area contributed by atoms with Crippen molar-refractivity contribution in [3.05, 3.63) is 18.6 Å². The molecular weight excluding hydrogens is 280 g/mol. The second-order valence-electron chi connectivity index (χ2n) is 6.63. The Balaban J connectivity index is 1.48. The van der Waals surface area contributed by atoms with Gasteiger partial charge < -0.3 is 15.0 Å². The number of hydrogen-bond acceptors (Lipinski definition) is 5. The van der Waals surface area contributed by atoms with Crippen LogP contribution < -0.4 is 10.2 Å². The van der Waals surface area contributed by atoms with Gasteiger partial charge in [0.1, 0.15) is 12.1 Å². The number of aromatic nitrogens is 2. The maximum absolute atomic E-state index is 12.6. The van der Waals surface area contributed by atoms with Crippen LogP contribution in [0.2, 0.25) is 0 Å². The number of carbonyl (C=O) groups is 1. The van der Waals surface area contributed by atoms with Crippen molar-refractivity contribution in [1.29, 1.82) is 0 Å². The van der Waals surface area contributed by atoms with Crippen molar-refractivity contribution in [2.24, 2.45) is 17.8 Å². The van der Waals surface area contributed by atoms with E-state index in [1.165, 1.54) is 12.8 Å². The van der Waals surface area contributed by atoms with Crippen LogP contribution in [0, 0.1) is 17.8 Å². The van der Waals surface area contributed by atoms with E-state index in [-0.39, 0.29) is 17.9 Å². The van der Waals surface area contributed by atoms with Crippen LogP contribution in [0.15, 0.2) is 18.6 Å². The highest BCUT2D eigenvalue weighted by molar-refractivity contribution is 5.80. The first-order chi connectivity index (χ1) is 10.8. The summed E-state index contributed by atoms with van der Waals surface area (Å²) in [5, 5.41) is 3.15. The average Bonchev–Trinajstić information content (AvgIpc) is 3.27. The van der Waals surface area contributed by atoms with Crippen molar-refractivity contribution in [2.75, 3.05) is 31.1 Å². The van der Waals surface area contributed by atoms with Crippen LogP contribution in [-0.2, 0) is 9.53 Å². The van der Waals surface area contributed by atoms with Crippen LogP contribution in [0.25, 0.3) is 0 Å². The van der Waals surface area contributed by atoms with Crippen LogP contribution in [-0.4, -0.2) is 48.2 Å². The third-order valence-electron chi connectivity index (χ3n) is 5.08. The fourth-order valence-corrected chi connectivity index (χ4v) is 3.61. The molecule has 6 heteroatoms. The van der Waals surface area contributed by atoms with Gasteiger partial charge in [0.2, 0.25) is 5.91 Å².